The first-order chi connectivity index (χ1) is 7.23. The van der Waals surface area contributed by atoms with Crippen LogP contribution in [0.25, 0.3) is 0 Å². The van der Waals surface area contributed by atoms with E-state index in [1.807, 2.05) is 42.7 Å². The van der Waals surface area contributed by atoms with Gasteiger partial charge in [0.05, 0.1) is 0 Å². The maximum Gasteiger partial charge on any atom is 0.309 e. The number of primary amides is 2. The fourth-order valence-electron chi connectivity index (χ4n) is 0.590. The number of amides is 2. The predicted octanol–water partition coefficient (Wildman–Crippen LogP) is 1.12. The number of nitrogens with zero attached hydrogens (tertiary/aromatic N) is 1. The van der Waals surface area contributed by atoms with Gasteiger partial charge in [0, 0.05) is 24.8 Å². The molecule has 0 saturated carbocycles. The van der Waals surface area contributed by atoms with Gasteiger partial charge < -0.3 is 16.5 Å². The number of nitrogens with one attached hydrogen (secondary N) is 1. The fraction of sp³-hybridized carbons (Fsp3) is 0. The van der Waals surface area contributed by atoms with Crippen LogP contribution in [0, 0.1) is 0 Å². The zero-order chi connectivity index (χ0) is 11.4. The van der Waals surface area contributed by atoms with Crippen molar-refractivity contribution in [3.05, 3.63) is 55.1 Å². The lowest BCUT2D eigenvalue weighted by atomic mass is 10.5. The van der Waals surface area contributed by atoms with E-state index < -0.39 is 6.03 Å². The van der Waals surface area contributed by atoms with E-state index in [1.165, 1.54) is 0 Å². The summed E-state index contributed by atoms with van der Waals surface area (Å²) in [4.78, 5) is 15.6. The summed E-state index contributed by atoms with van der Waals surface area (Å²) in [5.74, 6) is 0. The minimum Gasteiger partial charge on any atom is -0.368 e. The topological polar surface area (TPSA) is 97.8 Å². The van der Waals surface area contributed by atoms with Crippen molar-refractivity contribution in [1.29, 1.82) is 0 Å². The summed E-state index contributed by atoms with van der Waals surface area (Å²) in [5.41, 5.74) is 8.50. The number of pyridine rings is 1. The van der Waals surface area contributed by atoms with Gasteiger partial charge in [-0.05, 0) is 24.3 Å². The lowest BCUT2D eigenvalue weighted by Gasteiger charge is -1.70. The Balaban J connectivity index is 0.000000202. The summed E-state index contributed by atoms with van der Waals surface area (Å²) < 4.78 is 0. The van der Waals surface area contributed by atoms with E-state index >= 15 is 0 Å². The number of nitrogens with two attached hydrogens (primary N) is 2. The molecule has 0 bridgehead atoms. The lowest BCUT2D eigenvalue weighted by Crippen LogP contribution is -2.18. The van der Waals surface area contributed by atoms with Gasteiger partial charge in [-0.2, -0.15) is 0 Å². The van der Waals surface area contributed by atoms with Crippen molar-refractivity contribution in [2.24, 2.45) is 11.5 Å². The fourth-order valence-corrected chi connectivity index (χ4v) is 0.590. The Morgan fingerprint density at radius 1 is 0.933 bits per heavy atom. The van der Waals surface area contributed by atoms with Crippen LogP contribution < -0.4 is 11.5 Å². The summed E-state index contributed by atoms with van der Waals surface area (Å²) in [5, 5.41) is 0. The molecule has 2 heterocycles. The average molecular weight is 206 g/mol. The number of urea groups is 1. The van der Waals surface area contributed by atoms with E-state index in [9.17, 15) is 0 Å². The summed E-state index contributed by atoms with van der Waals surface area (Å²) >= 11 is 0. The molecule has 0 aromatic carbocycles. The number of hydrogen-bond donors (Lipinski definition) is 3. The molecule has 0 aliphatic rings. The zero-order valence-corrected chi connectivity index (χ0v) is 8.21. The predicted molar refractivity (Wildman–Crippen MR) is 58.8 cm³/mol. The molecule has 2 aromatic heterocycles. The molecule has 0 atom stereocenters. The molecule has 0 aliphatic carbocycles. The number of H-pyrrole nitrogens is 1. The smallest absolute Gasteiger partial charge is 0.309 e. The van der Waals surface area contributed by atoms with Gasteiger partial charge in [-0.25, -0.2) is 4.79 Å². The number of carbonyl (C=O) groups is 1. The van der Waals surface area contributed by atoms with Crippen LogP contribution in [0.3, 0.4) is 0 Å². The standard InChI is InChI=1S/C5H5N.C4H5N.CH4N2O/c1-2-4-6-5-3-1;1-2-4-5-3-1;2-1(3)4/h1-5H;1-5H;(H4,2,3,4). The van der Waals surface area contributed by atoms with Gasteiger partial charge in [0.15, 0.2) is 0 Å². The third kappa shape index (κ3) is 14.5. The van der Waals surface area contributed by atoms with Crippen molar-refractivity contribution < 1.29 is 4.79 Å². The summed E-state index contributed by atoms with van der Waals surface area (Å²) in [6.45, 7) is 0. The van der Waals surface area contributed by atoms with E-state index in [0.29, 0.717) is 0 Å². The van der Waals surface area contributed by atoms with Gasteiger partial charge >= 0.3 is 6.03 Å². The van der Waals surface area contributed by atoms with E-state index in [1.54, 1.807) is 12.4 Å². The van der Waals surface area contributed by atoms with E-state index in [0.717, 1.165) is 0 Å². The Morgan fingerprint density at radius 3 is 1.53 bits per heavy atom. The quantitative estimate of drug-likeness (QED) is 0.602. The monoisotopic (exact) mass is 206 g/mol. The molecule has 0 fully saturated rings. The minimum atomic E-state index is -0.833. The molecule has 0 aliphatic heterocycles. The second-order valence-corrected chi connectivity index (χ2v) is 2.31. The normalized spacial score (nSPS) is 7.47. The van der Waals surface area contributed by atoms with Gasteiger partial charge in [0.2, 0.25) is 0 Å². The van der Waals surface area contributed by atoms with Crippen molar-refractivity contribution >= 4 is 6.03 Å². The second kappa shape index (κ2) is 9.79. The summed E-state index contributed by atoms with van der Waals surface area (Å²) in [6.07, 6.45) is 7.25. The Kier molecular flexibility index (Phi) is 8.29. The van der Waals surface area contributed by atoms with E-state index in [2.05, 4.69) is 21.4 Å². The first kappa shape index (κ1) is 12.7. The van der Waals surface area contributed by atoms with Crippen LogP contribution in [-0.2, 0) is 0 Å². The molecular formula is C10H14N4O. The number of carbonyl (C=O) groups excluding carboxylic acids is 1. The van der Waals surface area contributed by atoms with Crippen molar-refractivity contribution in [2.75, 3.05) is 0 Å². The second-order valence-electron chi connectivity index (χ2n) is 2.31. The molecule has 5 heteroatoms. The molecule has 2 rings (SSSR count). The lowest BCUT2D eigenvalue weighted by molar-refractivity contribution is 0.256. The SMILES string of the molecule is NC(N)=O.c1cc[nH]c1.c1ccncc1. The third-order valence-corrected chi connectivity index (χ3v) is 1.06. The van der Waals surface area contributed by atoms with Gasteiger partial charge in [0.25, 0.3) is 0 Å². The van der Waals surface area contributed by atoms with Crippen LogP contribution in [0.5, 0.6) is 0 Å². The maximum absolute atomic E-state index is 9.00. The van der Waals surface area contributed by atoms with Crippen molar-refractivity contribution in [2.45, 2.75) is 0 Å². The highest BCUT2D eigenvalue weighted by atomic mass is 16.2. The third-order valence-electron chi connectivity index (χ3n) is 1.06. The first-order valence-corrected chi connectivity index (χ1v) is 4.21. The van der Waals surface area contributed by atoms with Crippen molar-refractivity contribution in [1.82, 2.24) is 9.97 Å². The van der Waals surface area contributed by atoms with Crippen LogP contribution >= 0.6 is 0 Å². The highest BCUT2D eigenvalue weighted by Crippen LogP contribution is 1.73. The molecule has 15 heavy (non-hydrogen) atoms. The van der Waals surface area contributed by atoms with Gasteiger partial charge in [-0.3, -0.25) is 4.98 Å². The molecule has 2 amide bonds. The maximum atomic E-state index is 9.00. The Labute approximate surface area is 88.1 Å². The van der Waals surface area contributed by atoms with Gasteiger partial charge in [-0.15, -0.1) is 0 Å². The molecular weight excluding hydrogens is 192 g/mol. The number of hydrogen-bond acceptors (Lipinski definition) is 2. The summed E-state index contributed by atoms with van der Waals surface area (Å²) in [6, 6.07) is 8.77. The van der Waals surface area contributed by atoms with Crippen molar-refractivity contribution in [3.63, 3.8) is 0 Å². The van der Waals surface area contributed by atoms with Crippen LogP contribution in [0.4, 0.5) is 4.79 Å². The molecule has 5 N–H and O–H groups in total. The zero-order valence-electron chi connectivity index (χ0n) is 8.21. The minimum absolute atomic E-state index is 0.833. The Bertz CT molecular complexity index is 272. The molecule has 80 valence electrons. The Morgan fingerprint density at radius 2 is 1.40 bits per heavy atom. The van der Waals surface area contributed by atoms with Crippen molar-refractivity contribution in [3.8, 4) is 0 Å². The Hall–Kier alpha value is -2.30. The number of aromatic nitrogens is 2. The van der Waals surface area contributed by atoms with E-state index in [-0.39, 0.29) is 0 Å². The number of aromatic amines is 1. The van der Waals surface area contributed by atoms with Crippen LogP contribution in [0.2, 0.25) is 0 Å². The molecule has 2 aromatic rings. The number of rotatable bonds is 0. The van der Waals surface area contributed by atoms with Gasteiger partial charge in [0.1, 0.15) is 0 Å². The molecule has 5 nitrogen and oxygen atoms in total. The van der Waals surface area contributed by atoms with Gasteiger partial charge in [-0.1, -0.05) is 6.07 Å². The highest BCUT2D eigenvalue weighted by Gasteiger charge is 1.60. The van der Waals surface area contributed by atoms with Crippen LogP contribution in [-0.4, -0.2) is 16.0 Å². The van der Waals surface area contributed by atoms with Crippen LogP contribution in [0.15, 0.2) is 55.1 Å². The summed E-state index contributed by atoms with van der Waals surface area (Å²) in [7, 11) is 0. The first-order valence-electron chi connectivity index (χ1n) is 4.21. The van der Waals surface area contributed by atoms with Crippen LogP contribution in [0.1, 0.15) is 0 Å². The molecule has 0 unspecified atom stereocenters. The molecule has 0 saturated heterocycles. The molecule has 0 radical (unpaired) electrons. The van der Waals surface area contributed by atoms with E-state index in [4.69, 9.17) is 4.79 Å². The average Bonchev–Trinajstić information content (AvgIpc) is 2.77. The molecule has 0 spiro atoms. The highest BCUT2D eigenvalue weighted by molar-refractivity contribution is 5.69. The largest absolute Gasteiger partial charge is 0.368 e.